The smallest absolute Gasteiger partial charge is 0.120 e. The molecule has 0 saturated heterocycles. The Morgan fingerprint density at radius 3 is 1.62 bits per heavy atom. The van der Waals surface area contributed by atoms with Crippen LogP contribution in [0.1, 0.15) is 91.5 Å². The molecule has 8 heteroatoms. The van der Waals surface area contributed by atoms with Gasteiger partial charge in [-0.3, -0.25) is 4.98 Å². The monoisotopic (exact) mass is 869 g/mol. The number of aromatic nitrogens is 3. The molecule has 0 bridgehead atoms. The van der Waals surface area contributed by atoms with Crippen LogP contribution in [0.2, 0.25) is 0 Å². The molecule has 0 amide bonds. The molecule has 3 aromatic carbocycles. The average molecular weight is 869 g/mol. The van der Waals surface area contributed by atoms with Crippen LogP contribution in [0.15, 0.2) is 108 Å². The Bertz CT molecular complexity index is 1890. The van der Waals surface area contributed by atoms with Crippen LogP contribution in [-0.4, -0.2) is 37.3 Å². The van der Waals surface area contributed by atoms with Crippen molar-refractivity contribution in [2.24, 2.45) is 0 Å². The van der Waals surface area contributed by atoms with E-state index in [1.807, 2.05) is 60.9 Å². The molecule has 1 radical (unpaired) electrons. The number of nitrogens with zero attached hydrogens (tertiary/aromatic N) is 7. The van der Waals surface area contributed by atoms with Gasteiger partial charge in [0.15, 0.2) is 0 Å². The van der Waals surface area contributed by atoms with Gasteiger partial charge in [0.1, 0.15) is 5.65 Å². The van der Waals surface area contributed by atoms with Crippen LogP contribution in [0.3, 0.4) is 0 Å². The number of rotatable bonds is 10. The van der Waals surface area contributed by atoms with Crippen LogP contribution in [0.4, 0.5) is 11.4 Å². The van der Waals surface area contributed by atoms with E-state index in [-0.39, 0.29) is 20.1 Å². The summed E-state index contributed by atoms with van der Waals surface area (Å²) in [6, 6.07) is 34.1. The summed E-state index contributed by atoms with van der Waals surface area (Å²) >= 11 is 0. The van der Waals surface area contributed by atoms with E-state index in [4.69, 9.17) is 4.98 Å². The molecule has 7 nitrogen and oxygen atoms in total. The summed E-state index contributed by atoms with van der Waals surface area (Å²) in [6.45, 7) is 24.0. The molecule has 0 unspecified atom stereocenters. The fraction of sp³-hybridized carbons (Fsp3) is 0.318. The number of unbranched alkanes of at least 4 members (excludes halogenated alkanes) is 1. The number of anilines is 2. The van der Waals surface area contributed by atoms with Gasteiger partial charge < -0.3 is 24.0 Å². The van der Waals surface area contributed by atoms with E-state index in [1.54, 1.807) is 0 Å². The van der Waals surface area contributed by atoms with Crippen molar-refractivity contribution in [1.82, 2.24) is 24.2 Å². The van der Waals surface area contributed by atoms with Crippen molar-refractivity contribution in [1.29, 1.82) is 0 Å². The number of hydrogen-bond donors (Lipinski definition) is 0. The third kappa shape index (κ3) is 8.29. The van der Waals surface area contributed by atoms with E-state index in [2.05, 4.69) is 140 Å². The number of imidazole rings is 1. The Hall–Kier alpha value is -4.39. The molecule has 275 valence electrons. The Kier molecular flexibility index (Phi) is 13.0. The van der Waals surface area contributed by atoms with Gasteiger partial charge in [0.25, 0.3) is 0 Å². The van der Waals surface area contributed by atoms with Crippen molar-refractivity contribution in [3.8, 4) is 11.3 Å². The topological polar surface area (TPSA) is 43.2 Å². The second kappa shape index (κ2) is 17.4. The molecule has 2 aliphatic heterocycles. The first-order chi connectivity index (χ1) is 24.7. The Morgan fingerprint density at radius 2 is 1.17 bits per heavy atom. The molecule has 0 N–H and O–H groups in total. The average Bonchev–Trinajstić information content (AvgIpc) is 3.79. The molecule has 4 heterocycles. The summed E-state index contributed by atoms with van der Waals surface area (Å²) in [5.41, 5.74) is 12.6. The van der Waals surface area contributed by atoms with E-state index in [0.717, 1.165) is 59.9 Å². The maximum Gasteiger partial charge on any atom is 0.120 e. The van der Waals surface area contributed by atoms with Gasteiger partial charge in [0, 0.05) is 55.3 Å². The molecule has 0 fully saturated rings. The first-order valence-electron chi connectivity index (χ1n) is 18.1. The largest absolute Gasteiger partial charge is 0.505 e. The van der Waals surface area contributed by atoms with Crippen LogP contribution in [0.25, 0.3) is 16.9 Å². The maximum absolute atomic E-state index is 4.89. The van der Waals surface area contributed by atoms with E-state index in [0.29, 0.717) is 11.8 Å². The summed E-state index contributed by atoms with van der Waals surface area (Å²) < 4.78 is 2.18. The molecule has 0 aliphatic carbocycles. The van der Waals surface area contributed by atoms with Crippen molar-refractivity contribution < 1.29 is 20.1 Å². The predicted octanol–water partition coefficient (Wildman–Crippen LogP) is 10.2. The first kappa shape index (κ1) is 38.8. The number of para-hydroxylation sites is 2. The van der Waals surface area contributed by atoms with Crippen molar-refractivity contribution in [2.75, 3.05) is 22.9 Å². The number of allylic oxidation sites excluding steroid dienone is 4. The third-order valence-electron chi connectivity index (χ3n) is 9.76. The summed E-state index contributed by atoms with van der Waals surface area (Å²) in [7, 11) is 0. The van der Waals surface area contributed by atoms with Gasteiger partial charge in [-0.2, -0.15) is 74.0 Å². The van der Waals surface area contributed by atoms with Gasteiger partial charge in [-0.1, -0.05) is 27.7 Å². The van der Waals surface area contributed by atoms with Crippen LogP contribution < -0.4 is 9.80 Å². The summed E-state index contributed by atoms with van der Waals surface area (Å²) in [4.78, 5) is 18.6. The Labute approximate surface area is 325 Å². The van der Waals surface area contributed by atoms with Crippen molar-refractivity contribution in [3.63, 3.8) is 0 Å². The third-order valence-corrected chi connectivity index (χ3v) is 9.76. The van der Waals surface area contributed by atoms with Gasteiger partial charge in [-0.15, -0.1) is 47.3 Å². The Morgan fingerprint density at radius 1 is 0.654 bits per heavy atom. The zero-order valence-electron chi connectivity index (χ0n) is 31.7. The van der Waals surface area contributed by atoms with Gasteiger partial charge in [-0.05, 0) is 76.9 Å². The molecule has 7 rings (SSSR count). The van der Waals surface area contributed by atoms with E-state index < -0.39 is 0 Å². The number of fused-ring (bicyclic) bond motifs is 1. The zero-order chi connectivity index (χ0) is 36.1. The normalized spacial score (nSPS) is 14.6. The van der Waals surface area contributed by atoms with Crippen LogP contribution in [-0.2, 0) is 20.1 Å². The fourth-order valence-corrected chi connectivity index (χ4v) is 6.70. The number of benzene rings is 3. The summed E-state index contributed by atoms with van der Waals surface area (Å²) in [5, 5.41) is 0. The van der Waals surface area contributed by atoms with E-state index in [9.17, 15) is 0 Å². The molecular weight excluding hydrogens is 819 g/mol. The van der Waals surface area contributed by atoms with Crippen molar-refractivity contribution in [3.05, 3.63) is 151 Å². The minimum atomic E-state index is 0. The van der Waals surface area contributed by atoms with Crippen LogP contribution >= 0.6 is 0 Å². The fourth-order valence-electron chi connectivity index (χ4n) is 6.70. The summed E-state index contributed by atoms with van der Waals surface area (Å²) in [6.07, 6.45) is 6.14. The SMILES string of the molecule is CC(C)c1nc2c(-c3[c-]cccc3)nccn2c1C(C)C.CC1=C(C)N(c2[c-]cccc2)[CH-]N1CCCCN1[CH-]N(c2[c-]cccc2)C(C)=C1C.[Ir]. The molecule has 0 atom stereocenters. The molecule has 2 aliphatic rings. The van der Waals surface area contributed by atoms with Crippen molar-refractivity contribution >= 4 is 17.0 Å². The zero-order valence-corrected chi connectivity index (χ0v) is 34.1. The first-order valence-corrected chi connectivity index (χ1v) is 18.1. The second-order valence-corrected chi connectivity index (χ2v) is 13.8. The molecule has 52 heavy (non-hydrogen) atoms. The van der Waals surface area contributed by atoms with Gasteiger partial charge in [-0.25, -0.2) is 4.98 Å². The minimum absolute atomic E-state index is 0. The molecule has 0 saturated carbocycles. The molecular formula is C44H50IrN7-5. The predicted molar refractivity (Wildman–Crippen MR) is 209 cm³/mol. The van der Waals surface area contributed by atoms with Gasteiger partial charge in [0.05, 0.1) is 5.69 Å². The number of hydrogen-bond acceptors (Lipinski definition) is 6. The van der Waals surface area contributed by atoms with Crippen LogP contribution in [0, 0.1) is 31.5 Å². The maximum atomic E-state index is 4.89. The van der Waals surface area contributed by atoms with E-state index in [1.165, 1.54) is 28.5 Å². The minimum Gasteiger partial charge on any atom is -0.505 e. The summed E-state index contributed by atoms with van der Waals surface area (Å²) in [5.74, 6) is 0.822. The quantitative estimate of drug-likeness (QED) is 0.103. The van der Waals surface area contributed by atoms with Crippen LogP contribution in [0.5, 0.6) is 0 Å². The Balaban J connectivity index is 0.000000209. The second-order valence-electron chi connectivity index (χ2n) is 13.8. The standard InChI is InChI=1S/C26H30N4.C18H20N3.Ir/c1-21-23(3)29(25-13-7-5-8-14-25)19-27(21)17-11-12-18-28-20-30(24(4)22(28)2)26-15-9-6-10-16-26;1-12(2)15-17(13(3)4)21-11-10-19-16(18(21)20-15)14-8-6-5-7-9-14;/h5-10,13,15,19-20H,11-12,17-18H2,1-4H3;5-8,10-13H,1-4H3;/q-4;-1;. The van der Waals surface area contributed by atoms with Crippen molar-refractivity contribution in [2.45, 2.75) is 80.1 Å². The molecule has 2 aromatic heterocycles. The molecule has 0 spiro atoms. The van der Waals surface area contributed by atoms with Gasteiger partial charge >= 0.3 is 0 Å². The van der Waals surface area contributed by atoms with E-state index >= 15 is 0 Å². The molecule has 5 aromatic rings. The van der Waals surface area contributed by atoms with Gasteiger partial charge in [0.2, 0.25) is 0 Å².